The predicted octanol–water partition coefficient (Wildman–Crippen LogP) is 3.25. The van der Waals surface area contributed by atoms with Crippen LogP contribution in [-0.2, 0) is 4.74 Å². The molecule has 1 aliphatic heterocycles. The molecule has 1 saturated heterocycles. The number of ether oxygens (including phenoxy) is 1. The number of aliphatic imine (C=N–C) groups is 1. The van der Waals surface area contributed by atoms with Gasteiger partial charge in [0.2, 0.25) is 0 Å². The molecule has 3 rings (SSSR count). The molecule has 1 N–H and O–H groups in total. The summed E-state index contributed by atoms with van der Waals surface area (Å²) < 4.78 is 5.80. The van der Waals surface area contributed by atoms with E-state index in [0.717, 1.165) is 45.2 Å². The number of rotatable bonds is 7. The fourth-order valence-corrected chi connectivity index (χ4v) is 4.29. The van der Waals surface area contributed by atoms with Gasteiger partial charge < -0.3 is 15.0 Å². The van der Waals surface area contributed by atoms with Gasteiger partial charge in [-0.3, -0.25) is 4.99 Å². The molecule has 1 aromatic carbocycles. The summed E-state index contributed by atoms with van der Waals surface area (Å²) in [7, 11) is 2.14. The van der Waals surface area contributed by atoms with Crippen LogP contribution in [0.2, 0.25) is 0 Å². The molecule has 1 saturated carbocycles. The highest BCUT2D eigenvalue weighted by molar-refractivity contribution is 8.01. The van der Waals surface area contributed by atoms with Gasteiger partial charge in [0.1, 0.15) is 0 Å². The summed E-state index contributed by atoms with van der Waals surface area (Å²) >= 11 is 1.99. The van der Waals surface area contributed by atoms with Gasteiger partial charge in [0.25, 0.3) is 0 Å². The lowest BCUT2D eigenvalue weighted by molar-refractivity contribution is 0.181. The van der Waals surface area contributed by atoms with Crippen LogP contribution >= 0.6 is 11.8 Å². The molecule has 24 heavy (non-hydrogen) atoms. The second kappa shape index (κ2) is 8.26. The number of guanidine groups is 1. The fourth-order valence-electron chi connectivity index (χ4n) is 3.06. The highest BCUT2D eigenvalue weighted by Crippen LogP contribution is 2.51. The van der Waals surface area contributed by atoms with Crippen LogP contribution in [0, 0.1) is 5.92 Å². The largest absolute Gasteiger partial charge is 0.381 e. The number of hydrogen-bond donors (Lipinski definition) is 1. The first-order chi connectivity index (χ1) is 11.7. The third kappa shape index (κ3) is 4.90. The normalized spacial score (nSPS) is 22.4. The Balaban J connectivity index is 1.58. The van der Waals surface area contributed by atoms with E-state index in [9.17, 15) is 0 Å². The SMILES string of the molecule is CCNC(=NCC1(Sc2ccccc2)CC1)N(C)CC1CCOC1. The highest BCUT2D eigenvalue weighted by atomic mass is 32.2. The Morgan fingerprint density at radius 2 is 2.17 bits per heavy atom. The first-order valence-electron chi connectivity index (χ1n) is 9.02. The smallest absolute Gasteiger partial charge is 0.193 e. The van der Waals surface area contributed by atoms with Crippen molar-refractivity contribution in [3.63, 3.8) is 0 Å². The Bertz CT molecular complexity index is 539. The number of nitrogens with zero attached hydrogens (tertiary/aromatic N) is 2. The molecule has 1 aromatic rings. The van der Waals surface area contributed by atoms with Gasteiger partial charge in [-0.1, -0.05) is 18.2 Å². The maximum atomic E-state index is 5.50. The summed E-state index contributed by atoms with van der Waals surface area (Å²) in [5.41, 5.74) is 0. The van der Waals surface area contributed by atoms with E-state index < -0.39 is 0 Å². The van der Waals surface area contributed by atoms with Gasteiger partial charge in [0.05, 0.1) is 13.2 Å². The predicted molar refractivity (Wildman–Crippen MR) is 102 cm³/mol. The van der Waals surface area contributed by atoms with Crippen LogP contribution in [0.1, 0.15) is 26.2 Å². The van der Waals surface area contributed by atoms with Gasteiger partial charge >= 0.3 is 0 Å². The summed E-state index contributed by atoms with van der Waals surface area (Å²) in [5, 5.41) is 3.45. The highest BCUT2D eigenvalue weighted by Gasteiger charge is 2.43. The lowest BCUT2D eigenvalue weighted by Gasteiger charge is -2.25. The fraction of sp³-hybridized carbons (Fsp3) is 0.632. The minimum atomic E-state index is 0.305. The molecule has 1 aliphatic carbocycles. The van der Waals surface area contributed by atoms with E-state index in [1.54, 1.807) is 0 Å². The van der Waals surface area contributed by atoms with Gasteiger partial charge in [-0.25, -0.2) is 0 Å². The second-order valence-electron chi connectivity index (χ2n) is 6.88. The van der Waals surface area contributed by atoms with Crippen molar-refractivity contribution in [2.24, 2.45) is 10.9 Å². The molecule has 0 radical (unpaired) electrons. The molecule has 1 heterocycles. The zero-order chi connectivity index (χ0) is 16.8. The van der Waals surface area contributed by atoms with Gasteiger partial charge in [-0.2, -0.15) is 0 Å². The molecule has 2 fully saturated rings. The molecule has 0 amide bonds. The van der Waals surface area contributed by atoms with Crippen molar-refractivity contribution < 1.29 is 4.74 Å². The third-order valence-corrected chi connectivity index (χ3v) is 6.13. The van der Waals surface area contributed by atoms with Gasteiger partial charge in [0, 0.05) is 42.3 Å². The molecule has 0 bridgehead atoms. The first-order valence-corrected chi connectivity index (χ1v) is 9.84. The molecule has 132 valence electrons. The van der Waals surface area contributed by atoms with Gasteiger partial charge in [0.15, 0.2) is 5.96 Å². The van der Waals surface area contributed by atoms with Crippen molar-refractivity contribution in [3.8, 4) is 0 Å². The van der Waals surface area contributed by atoms with Crippen LogP contribution in [0.3, 0.4) is 0 Å². The summed E-state index contributed by atoms with van der Waals surface area (Å²) in [6, 6.07) is 10.7. The topological polar surface area (TPSA) is 36.9 Å². The molecule has 0 aromatic heterocycles. The van der Waals surface area contributed by atoms with E-state index in [0.29, 0.717) is 10.7 Å². The minimum Gasteiger partial charge on any atom is -0.381 e. The number of benzene rings is 1. The summed E-state index contributed by atoms with van der Waals surface area (Å²) in [6.07, 6.45) is 3.68. The van der Waals surface area contributed by atoms with Crippen molar-refractivity contribution in [2.45, 2.75) is 35.8 Å². The summed E-state index contributed by atoms with van der Waals surface area (Å²) in [4.78, 5) is 8.58. The maximum absolute atomic E-state index is 5.50. The molecular weight excluding hydrogens is 318 g/mol. The van der Waals surface area contributed by atoms with Gasteiger partial charge in [-0.15, -0.1) is 11.8 Å². The molecule has 1 unspecified atom stereocenters. The van der Waals surface area contributed by atoms with Gasteiger partial charge in [-0.05, 0) is 38.3 Å². The Morgan fingerprint density at radius 1 is 1.38 bits per heavy atom. The maximum Gasteiger partial charge on any atom is 0.193 e. The Labute approximate surface area is 150 Å². The van der Waals surface area contributed by atoms with E-state index in [4.69, 9.17) is 9.73 Å². The number of nitrogens with one attached hydrogen (secondary N) is 1. The van der Waals surface area contributed by atoms with Crippen molar-refractivity contribution in [3.05, 3.63) is 30.3 Å². The van der Waals surface area contributed by atoms with E-state index in [1.807, 2.05) is 11.8 Å². The average molecular weight is 348 g/mol. The van der Waals surface area contributed by atoms with Crippen molar-refractivity contribution in [2.75, 3.05) is 39.9 Å². The molecule has 4 nitrogen and oxygen atoms in total. The van der Waals surface area contributed by atoms with Crippen LogP contribution in [0.15, 0.2) is 40.2 Å². The summed E-state index contributed by atoms with van der Waals surface area (Å²) in [5.74, 6) is 1.66. The number of thioether (sulfide) groups is 1. The van der Waals surface area contributed by atoms with Crippen LogP contribution in [-0.4, -0.2) is 55.5 Å². The van der Waals surface area contributed by atoms with Crippen molar-refractivity contribution in [1.82, 2.24) is 10.2 Å². The van der Waals surface area contributed by atoms with E-state index >= 15 is 0 Å². The quantitative estimate of drug-likeness (QED) is 0.607. The van der Waals surface area contributed by atoms with Crippen LogP contribution < -0.4 is 5.32 Å². The zero-order valence-electron chi connectivity index (χ0n) is 14.8. The summed E-state index contributed by atoms with van der Waals surface area (Å²) in [6.45, 7) is 6.74. The van der Waals surface area contributed by atoms with Crippen LogP contribution in [0.4, 0.5) is 0 Å². The minimum absolute atomic E-state index is 0.305. The van der Waals surface area contributed by atoms with E-state index in [1.165, 1.54) is 17.7 Å². The third-order valence-electron chi connectivity index (χ3n) is 4.65. The lowest BCUT2D eigenvalue weighted by atomic mass is 10.1. The first kappa shape index (κ1) is 17.6. The lowest BCUT2D eigenvalue weighted by Crippen LogP contribution is -2.42. The molecular formula is C19H29N3OS. The molecule has 2 aliphatic rings. The van der Waals surface area contributed by atoms with Crippen LogP contribution in [0.25, 0.3) is 0 Å². The van der Waals surface area contributed by atoms with Crippen molar-refractivity contribution >= 4 is 17.7 Å². The Kier molecular flexibility index (Phi) is 6.06. The van der Waals surface area contributed by atoms with Crippen molar-refractivity contribution in [1.29, 1.82) is 0 Å². The monoisotopic (exact) mass is 347 g/mol. The van der Waals surface area contributed by atoms with E-state index in [2.05, 4.69) is 54.5 Å². The Hall–Kier alpha value is -1.20. The molecule has 0 spiro atoms. The van der Waals surface area contributed by atoms with E-state index in [-0.39, 0.29) is 0 Å². The van der Waals surface area contributed by atoms with Crippen LogP contribution in [0.5, 0.6) is 0 Å². The molecule has 1 atom stereocenters. The Morgan fingerprint density at radius 3 is 2.79 bits per heavy atom. The molecule has 5 heteroatoms. The second-order valence-corrected chi connectivity index (χ2v) is 8.42. The average Bonchev–Trinajstić information content (AvgIpc) is 3.15. The standard InChI is InChI=1S/C19H29N3OS/c1-3-20-18(22(2)13-16-9-12-23-14-16)21-15-19(10-11-19)24-17-7-5-4-6-8-17/h4-8,16H,3,9-15H2,1-2H3,(H,20,21). The number of hydrogen-bond acceptors (Lipinski definition) is 3. The zero-order valence-corrected chi connectivity index (χ0v) is 15.6.